The predicted molar refractivity (Wildman–Crippen MR) is 92.1 cm³/mol. The Morgan fingerprint density at radius 1 is 1.05 bits per heavy atom. The summed E-state index contributed by atoms with van der Waals surface area (Å²) in [6.07, 6.45) is 4.86. The van der Waals surface area contributed by atoms with Crippen LogP contribution in [0.15, 0.2) is 4.99 Å². The van der Waals surface area contributed by atoms with Crippen LogP contribution in [0.3, 0.4) is 0 Å². The number of hydrogen-bond acceptors (Lipinski definition) is 3. The molecule has 0 aromatic heterocycles. The third-order valence-corrected chi connectivity index (χ3v) is 3.88. The van der Waals surface area contributed by atoms with Crippen molar-refractivity contribution in [3.63, 3.8) is 0 Å². The normalized spacial score (nSPS) is 18.5. The molecule has 0 aliphatic carbocycles. The van der Waals surface area contributed by atoms with Crippen LogP contribution in [-0.4, -0.2) is 75.2 Å². The summed E-state index contributed by atoms with van der Waals surface area (Å²) in [5.41, 5.74) is 0. The van der Waals surface area contributed by atoms with Crippen molar-refractivity contribution in [2.24, 2.45) is 4.99 Å². The van der Waals surface area contributed by atoms with Gasteiger partial charge in [0.15, 0.2) is 5.96 Å². The van der Waals surface area contributed by atoms with E-state index in [9.17, 15) is 0 Å². The Morgan fingerprint density at radius 3 is 2.67 bits per heavy atom. The Bertz CT molecular complexity index is 280. The van der Waals surface area contributed by atoms with Gasteiger partial charge in [0.2, 0.25) is 0 Å². The molecular formula is C16H35N5. The number of hydrogen-bond donors (Lipinski definition) is 2. The van der Waals surface area contributed by atoms with Gasteiger partial charge in [0.1, 0.15) is 0 Å². The molecule has 0 atom stereocenters. The van der Waals surface area contributed by atoms with Gasteiger partial charge in [0, 0.05) is 32.7 Å². The fraction of sp³-hybridized carbons (Fsp3) is 0.938. The second-order valence-electron chi connectivity index (χ2n) is 5.89. The van der Waals surface area contributed by atoms with E-state index in [1.165, 1.54) is 52.0 Å². The lowest BCUT2D eigenvalue weighted by molar-refractivity contribution is 0.275. The number of nitrogens with one attached hydrogen (secondary N) is 2. The Morgan fingerprint density at radius 2 is 1.90 bits per heavy atom. The summed E-state index contributed by atoms with van der Waals surface area (Å²) in [6.45, 7) is 13.2. The minimum absolute atomic E-state index is 0.911. The maximum absolute atomic E-state index is 4.67. The van der Waals surface area contributed by atoms with Crippen LogP contribution < -0.4 is 10.6 Å². The maximum Gasteiger partial charge on any atom is 0.191 e. The standard InChI is InChI=1S/C16H35N5/c1-4-6-9-18-16(17-5-2)19-10-7-12-21-13-8-11-20(3)14-15-21/h4-15H2,1-3H3,(H2,17,18,19). The smallest absolute Gasteiger partial charge is 0.191 e. The largest absolute Gasteiger partial charge is 0.357 e. The quantitative estimate of drug-likeness (QED) is 0.403. The fourth-order valence-corrected chi connectivity index (χ4v) is 2.53. The van der Waals surface area contributed by atoms with Gasteiger partial charge in [0.05, 0.1) is 0 Å². The van der Waals surface area contributed by atoms with Crippen molar-refractivity contribution in [2.75, 3.05) is 59.4 Å². The van der Waals surface area contributed by atoms with Crippen molar-refractivity contribution in [1.82, 2.24) is 20.4 Å². The average molecular weight is 297 g/mol. The summed E-state index contributed by atoms with van der Waals surface area (Å²) < 4.78 is 0. The van der Waals surface area contributed by atoms with E-state index < -0.39 is 0 Å². The van der Waals surface area contributed by atoms with Crippen LogP contribution in [0.2, 0.25) is 0 Å². The van der Waals surface area contributed by atoms with Crippen LogP contribution >= 0.6 is 0 Å². The molecule has 0 aromatic rings. The second kappa shape index (κ2) is 11.8. The first-order valence-electron chi connectivity index (χ1n) is 8.69. The molecular weight excluding hydrogens is 262 g/mol. The number of unbranched alkanes of at least 4 members (excludes halogenated alkanes) is 1. The van der Waals surface area contributed by atoms with Gasteiger partial charge in [-0.15, -0.1) is 0 Å². The molecule has 1 aliphatic heterocycles. The molecule has 0 saturated carbocycles. The maximum atomic E-state index is 4.67. The second-order valence-corrected chi connectivity index (χ2v) is 5.89. The zero-order valence-corrected chi connectivity index (χ0v) is 14.3. The third-order valence-electron chi connectivity index (χ3n) is 3.88. The Balaban J connectivity index is 2.20. The minimum atomic E-state index is 0.911. The average Bonchev–Trinajstić information content (AvgIpc) is 2.68. The van der Waals surface area contributed by atoms with Crippen molar-refractivity contribution in [3.8, 4) is 0 Å². The zero-order valence-electron chi connectivity index (χ0n) is 14.3. The topological polar surface area (TPSA) is 42.9 Å². The molecule has 1 aliphatic rings. The van der Waals surface area contributed by atoms with Gasteiger partial charge in [-0.2, -0.15) is 0 Å². The van der Waals surface area contributed by atoms with Gasteiger partial charge in [-0.05, 0) is 52.9 Å². The van der Waals surface area contributed by atoms with Crippen molar-refractivity contribution < 1.29 is 0 Å². The molecule has 1 heterocycles. The number of likely N-dealkylation sites (N-methyl/N-ethyl adjacent to an activating group) is 1. The molecule has 2 N–H and O–H groups in total. The molecule has 1 saturated heterocycles. The van der Waals surface area contributed by atoms with Crippen LogP contribution in [0.1, 0.15) is 39.5 Å². The minimum Gasteiger partial charge on any atom is -0.357 e. The zero-order chi connectivity index (χ0) is 15.3. The summed E-state index contributed by atoms with van der Waals surface area (Å²) in [4.78, 5) is 9.67. The molecule has 0 bridgehead atoms. The van der Waals surface area contributed by atoms with Gasteiger partial charge in [-0.25, -0.2) is 0 Å². The van der Waals surface area contributed by atoms with Gasteiger partial charge < -0.3 is 20.4 Å². The van der Waals surface area contributed by atoms with Gasteiger partial charge >= 0.3 is 0 Å². The summed E-state index contributed by atoms with van der Waals surface area (Å²) in [5.74, 6) is 0.974. The van der Waals surface area contributed by atoms with Crippen molar-refractivity contribution in [3.05, 3.63) is 0 Å². The van der Waals surface area contributed by atoms with E-state index in [2.05, 4.69) is 46.3 Å². The molecule has 0 spiro atoms. The molecule has 21 heavy (non-hydrogen) atoms. The van der Waals surface area contributed by atoms with Crippen molar-refractivity contribution in [2.45, 2.75) is 39.5 Å². The van der Waals surface area contributed by atoms with E-state index in [0.29, 0.717) is 0 Å². The van der Waals surface area contributed by atoms with Crippen LogP contribution in [-0.2, 0) is 0 Å². The first-order chi connectivity index (χ1) is 10.3. The molecule has 0 radical (unpaired) electrons. The molecule has 0 unspecified atom stereocenters. The first kappa shape index (κ1) is 18.2. The highest BCUT2D eigenvalue weighted by Crippen LogP contribution is 2.01. The van der Waals surface area contributed by atoms with Crippen LogP contribution in [0.5, 0.6) is 0 Å². The lowest BCUT2D eigenvalue weighted by atomic mass is 10.3. The number of nitrogens with zero attached hydrogens (tertiary/aromatic N) is 3. The summed E-state index contributed by atoms with van der Waals surface area (Å²) in [7, 11) is 2.22. The SMILES string of the molecule is CCCCNC(=NCCCN1CCCN(C)CC1)NCC. The molecule has 0 amide bonds. The Labute approximate surface area is 131 Å². The monoisotopic (exact) mass is 297 g/mol. The van der Waals surface area contributed by atoms with E-state index in [1.807, 2.05) is 0 Å². The van der Waals surface area contributed by atoms with E-state index in [1.54, 1.807) is 0 Å². The van der Waals surface area contributed by atoms with Crippen LogP contribution in [0.4, 0.5) is 0 Å². The molecule has 1 rings (SSSR count). The highest BCUT2D eigenvalue weighted by Gasteiger charge is 2.10. The number of rotatable bonds is 8. The fourth-order valence-electron chi connectivity index (χ4n) is 2.53. The highest BCUT2D eigenvalue weighted by molar-refractivity contribution is 5.79. The van der Waals surface area contributed by atoms with Gasteiger partial charge in [0.25, 0.3) is 0 Å². The van der Waals surface area contributed by atoms with Crippen LogP contribution in [0, 0.1) is 0 Å². The van der Waals surface area contributed by atoms with Crippen molar-refractivity contribution in [1.29, 1.82) is 0 Å². The summed E-state index contributed by atoms with van der Waals surface area (Å²) in [6, 6.07) is 0. The lowest BCUT2D eigenvalue weighted by Crippen LogP contribution is -2.38. The van der Waals surface area contributed by atoms with E-state index >= 15 is 0 Å². The van der Waals surface area contributed by atoms with E-state index in [-0.39, 0.29) is 0 Å². The highest BCUT2D eigenvalue weighted by atomic mass is 15.2. The lowest BCUT2D eigenvalue weighted by Gasteiger charge is -2.19. The summed E-state index contributed by atoms with van der Waals surface area (Å²) >= 11 is 0. The van der Waals surface area contributed by atoms with Crippen molar-refractivity contribution >= 4 is 5.96 Å². The molecule has 5 nitrogen and oxygen atoms in total. The van der Waals surface area contributed by atoms with Gasteiger partial charge in [-0.3, -0.25) is 4.99 Å². The predicted octanol–water partition coefficient (Wildman–Crippen LogP) is 1.37. The molecule has 1 fully saturated rings. The molecule has 124 valence electrons. The Hall–Kier alpha value is -0.810. The van der Waals surface area contributed by atoms with Gasteiger partial charge in [-0.1, -0.05) is 13.3 Å². The molecule has 5 heteroatoms. The third kappa shape index (κ3) is 8.94. The summed E-state index contributed by atoms with van der Waals surface area (Å²) in [5, 5.41) is 6.71. The first-order valence-corrected chi connectivity index (χ1v) is 8.69. The Kier molecular flexibility index (Phi) is 10.3. The number of aliphatic imine (C=N–C) groups is 1. The van der Waals surface area contributed by atoms with Crippen LogP contribution in [0.25, 0.3) is 0 Å². The number of guanidine groups is 1. The van der Waals surface area contributed by atoms with E-state index in [4.69, 9.17) is 0 Å². The molecule has 0 aromatic carbocycles. The van der Waals surface area contributed by atoms with E-state index in [0.717, 1.165) is 32.0 Å².